The van der Waals surface area contributed by atoms with Crippen LogP contribution in [0, 0.1) is 10.8 Å². The molecule has 0 spiro atoms. The minimum Gasteiger partial charge on any atom is -0.872 e. The van der Waals surface area contributed by atoms with Crippen LogP contribution >= 0.6 is 21.6 Å². The molecule has 0 saturated carbocycles. The van der Waals surface area contributed by atoms with Gasteiger partial charge >= 0.3 is 11.4 Å². The lowest BCUT2D eigenvalue weighted by Crippen LogP contribution is -2.27. The largest absolute Gasteiger partial charge is 0.872 e. The monoisotopic (exact) mass is 444 g/mol. The Kier molecular flexibility index (Phi) is 8.75. The first-order chi connectivity index (χ1) is 14.5. The Morgan fingerprint density at radius 1 is 0.800 bits per heavy atom. The molecule has 0 bridgehead atoms. The number of amides is 2. The van der Waals surface area contributed by atoms with Crippen molar-refractivity contribution in [2.45, 2.75) is 0 Å². The molecule has 2 N–H and O–H groups in total. The summed E-state index contributed by atoms with van der Waals surface area (Å²) >= 11 is 0. The fourth-order valence-electron chi connectivity index (χ4n) is 2.24. The molecule has 0 aliphatic carbocycles. The Labute approximate surface area is 179 Å². The number of carbonyl (C=O) groups excluding carboxylic acids is 2. The third-order valence-corrected chi connectivity index (χ3v) is 6.08. The maximum absolute atomic E-state index is 12.0. The number of rotatable bonds is 9. The number of nitrogens with one attached hydrogen (secondary N) is 2. The zero-order valence-corrected chi connectivity index (χ0v) is 17.2. The van der Waals surface area contributed by atoms with Gasteiger partial charge in [-0.1, -0.05) is 33.1 Å². The van der Waals surface area contributed by atoms with Gasteiger partial charge in [0.15, 0.2) is 9.95 Å². The zero-order valence-electron chi connectivity index (χ0n) is 15.5. The average molecular weight is 444 g/mol. The van der Waals surface area contributed by atoms with E-state index < -0.39 is 23.3 Å². The molecule has 2 aromatic carbocycles. The summed E-state index contributed by atoms with van der Waals surface area (Å²) in [5, 5.41) is 46.0. The first-order valence-corrected chi connectivity index (χ1v) is 11.1. The van der Waals surface area contributed by atoms with Crippen LogP contribution in [0.15, 0.2) is 36.4 Å². The topological polar surface area (TPSA) is 161 Å². The third kappa shape index (κ3) is 6.55. The first kappa shape index (κ1) is 22.8. The van der Waals surface area contributed by atoms with Crippen LogP contribution in [0.4, 0.5) is 11.4 Å². The molecule has 30 heavy (non-hydrogen) atoms. The van der Waals surface area contributed by atoms with Gasteiger partial charge in [-0.3, -0.25) is 9.59 Å². The molecule has 0 heterocycles. The van der Waals surface area contributed by atoms with E-state index >= 15 is 0 Å². The van der Waals surface area contributed by atoms with Crippen LogP contribution in [0.25, 0.3) is 9.95 Å². The maximum Gasteiger partial charge on any atom is 0.384 e. The van der Waals surface area contributed by atoms with Crippen molar-refractivity contribution in [2.75, 3.05) is 24.6 Å². The lowest BCUT2D eigenvalue weighted by Gasteiger charge is -2.12. The van der Waals surface area contributed by atoms with E-state index in [1.165, 1.54) is 45.9 Å². The van der Waals surface area contributed by atoms with Crippen LogP contribution in [-0.2, 0) is 0 Å². The average Bonchev–Trinajstić information content (AvgIpc) is 2.74. The zero-order chi connectivity index (χ0) is 21.9. The number of carbonyl (C=O) groups is 2. The lowest BCUT2D eigenvalue weighted by molar-refractivity contribution is -0.269. The van der Waals surface area contributed by atoms with Crippen LogP contribution in [0.2, 0.25) is 0 Å². The van der Waals surface area contributed by atoms with Crippen LogP contribution in [0.5, 0.6) is 11.5 Å². The van der Waals surface area contributed by atoms with E-state index in [1.807, 2.05) is 0 Å². The molecule has 0 aliphatic rings. The molecule has 0 saturated heterocycles. The second-order valence-electron chi connectivity index (χ2n) is 5.72. The highest BCUT2D eigenvalue weighted by atomic mass is 33.1. The van der Waals surface area contributed by atoms with E-state index in [4.69, 9.17) is 10.8 Å². The van der Waals surface area contributed by atoms with E-state index in [0.29, 0.717) is 24.6 Å². The summed E-state index contributed by atoms with van der Waals surface area (Å²) in [4.78, 5) is 29.7. The Balaban J connectivity index is 1.61. The molecule has 0 unspecified atom stereocenters. The summed E-state index contributed by atoms with van der Waals surface area (Å²) in [5.74, 6) is -0.894. The molecule has 10 nitrogen and oxygen atoms in total. The second-order valence-corrected chi connectivity index (χ2v) is 8.42. The summed E-state index contributed by atoms with van der Waals surface area (Å²) in [6.45, 7) is 0.687. The summed E-state index contributed by atoms with van der Waals surface area (Å²) in [6.07, 6.45) is 0. The van der Waals surface area contributed by atoms with E-state index in [2.05, 4.69) is 20.6 Å². The minimum atomic E-state index is -0.526. The van der Waals surface area contributed by atoms with Gasteiger partial charge in [-0.15, -0.1) is 0 Å². The van der Waals surface area contributed by atoms with Gasteiger partial charge in [-0.05, 0) is 12.1 Å². The third-order valence-electron chi connectivity index (χ3n) is 3.68. The van der Waals surface area contributed by atoms with Crippen LogP contribution in [-0.4, -0.2) is 36.4 Å². The quantitative estimate of drug-likeness (QED) is 0.338. The molecule has 154 valence electrons. The van der Waals surface area contributed by atoms with Crippen molar-refractivity contribution in [2.24, 2.45) is 0 Å². The van der Waals surface area contributed by atoms with Crippen LogP contribution in [0.3, 0.4) is 0 Å². The standard InChI is InChI=1S/C18H16N6O4S2/c19-23-11-1-3-13(15(25)9-11)17(27)21-5-7-29-30-8-6-22-18(28)14-4-2-12(24-20)10-16(14)26/h1-4,9-10H,5-8H2,(H2-2,21,22,25,26,27,28). The van der Waals surface area contributed by atoms with E-state index in [0.717, 1.165) is 12.1 Å². The molecule has 0 aromatic heterocycles. The van der Waals surface area contributed by atoms with Crippen molar-refractivity contribution in [1.82, 2.24) is 10.6 Å². The van der Waals surface area contributed by atoms with Gasteiger partial charge in [0.2, 0.25) is 10.8 Å². The highest BCUT2D eigenvalue weighted by Crippen LogP contribution is 2.23. The Bertz CT molecular complexity index is 937. The number of nitrogens with zero attached hydrogens (tertiary/aromatic N) is 4. The molecule has 0 aliphatic heterocycles. The normalized spacial score (nSPS) is 9.93. The number of hydrogen-bond acceptors (Lipinski definition) is 8. The number of hydrogen-bond donors (Lipinski definition) is 2. The van der Waals surface area contributed by atoms with Crippen molar-refractivity contribution in [3.63, 3.8) is 0 Å². The highest BCUT2D eigenvalue weighted by molar-refractivity contribution is 8.76. The van der Waals surface area contributed by atoms with E-state index in [9.17, 15) is 19.8 Å². The van der Waals surface area contributed by atoms with E-state index in [1.54, 1.807) is 0 Å². The number of diazo groups is 2. The predicted octanol–water partition coefficient (Wildman–Crippen LogP) is 2.34. The Hall–Kier alpha value is -3.48. The summed E-state index contributed by atoms with van der Waals surface area (Å²) in [7, 11) is 2.96. The maximum atomic E-state index is 12.0. The molecule has 2 amide bonds. The van der Waals surface area contributed by atoms with Crippen LogP contribution < -0.4 is 20.8 Å². The molecule has 2 aromatic rings. The van der Waals surface area contributed by atoms with Gasteiger partial charge in [0, 0.05) is 60.0 Å². The van der Waals surface area contributed by atoms with E-state index in [-0.39, 0.29) is 22.5 Å². The summed E-state index contributed by atoms with van der Waals surface area (Å²) < 4.78 is 0. The smallest absolute Gasteiger partial charge is 0.384 e. The second kappa shape index (κ2) is 11.5. The highest BCUT2D eigenvalue weighted by Gasteiger charge is 2.12. The molecular formula is C18H16N6O4S2. The van der Waals surface area contributed by atoms with Crippen molar-refractivity contribution >= 4 is 44.8 Å². The van der Waals surface area contributed by atoms with Gasteiger partial charge in [-0.25, -0.2) is 0 Å². The Morgan fingerprint density at radius 2 is 1.20 bits per heavy atom. The van der Waals surface area contributed by atoms with Crippen molar-refractivity contribution in [3.8, 4) is 11.5 Å². The van der Waals surface area contributed by atoms with Crippen molar-refractivity contribution < 1.29 is 19.8 Å². The number of benzene rings is 2. The molecule has 0 fully saturated rings. The van der Waals surface area contributed by atoms with Gasteiger partial charge in [0.25, 0.3) is 11.8 Å². The first-order valence-electron chi connectivity index (χ1n) is 8.59. The molecule has 0 radical (unpaired) electrons. The van der Waals surface area contributed by atoms with Crippen molar-refractivity contribution in [3.05, 3.63) is 57.5 Å². The van der Waals surface area contributed by atoms with Crippen molar-refractivity contribution in [1.29, 1.82) is 10.8 Å². The molecule has 0 atom stereocenters. The van der Waals surface area contributed by atoms with Gasteiger partial charge in [0.1, 0.15) is 0 Å². The predicted molar refractivity (Wildman–Crippen MR) is 111 cm³/mol. The fourth-order valence-corrected chi connectivity index (χ4v) is 4.06. The minimum absolute atomic E-state index is 0.0267. The van der Waals surface area contributed by atoms with Gasteiger partial charge in [-0.2, -0.15) is 0 Å². The SMILES string of the molecule is N#[N+]c1ccc(C(=O)NCCSSCCNC(=O)c2ccc([N+]#N)cc2[O-])c([O-])c1. The van der Waals surface area contributed by atoms with Crippen LogP contribution in [0.1, 0.15) is 20.7 Å². The Morgan fingerprint density at radius 3 is 1.53 bits per heavy atom. The fraction of sp³-hybridized carbons (Fsp3) is 0.222. The molecule has 2 rings (SSSR count). The van der Waals surface area contributed by atoms with Gasteiger partial charge < -0.3 is 20.8 Å². The molecular weight excluding hydrogens is 428 g/mol. The van der Waals surface area contributed by atoms with Gasteiger partial charge in [0.05, 0.1) is 0 Å². The lowest BCUT2D eigenvalue weighted by atomic mass is 10.1. The summed E-state index contributed by atoms with van der Waals surface area (Å²) in [6, 6.07) is 7.47. The summed E-state index contributed by atoms with van der Waals surface area (Å²) in [5.41, 5.74) is 0.113. The molecule has 12 heteroatoms.